The third-order valence-corrected chi connectivity index (χ3v) is 7.42. The van der Waals surface area contributed by atoms with Crippen LogP contribution in [0.4, 0.5) is 4.79 Å². The number of aliphatic hydroxyl groups is 1. The number of aliphatic hydroxyl groups excluding tert-OH is 1. The Hall–Kier alpha value is -2.61. The lowest BCUT2D eigenvalue weighted by Crippen LogP contribution is -2.52. The molecule has 2 heterocycles. The molecule has 4 rings (SSSR count). The Balaban J connectivity index is 1.58. The average Bonchev–Trinajstić information content (AvgIpc) is 3.55. The number of allylic oxidation sites excluding steroid dienone is 2. The zero-order chi connectivity index (χ0) is 24.2. The normalized spacial score (nSPS) is 24.1. The van der Waals surface area contributed by atoms with Gasteiger partial charge >= 0.3 is 6.03 Å². The van der Waals surface area contributed by atoms with Crippen LogP contribution in [0.5, 0.6) is 5.88 Å². The summed E-state index contributed by atoms with van der Waals surface area (Å²) in [6.07, 6.45) is 11.1. The van der Waals surface area contributed by atoms with E-state index in [1.54, 1.807) is 23.0 Å². The van der Waals surface area contributed by atoms with Crippen LogP contribution in [0.15, 0.2) is 18.3 Å². The highest BCUT2D eigenvalue weighted by atomic mass is 16.5. The summed E-state index contributed by atoms with van der Waals surface area (Å²) in [5.41, 5.74) is 2.57. The number of pyridine rings is 1. The van der Waals surface area contributed by atoms with Gasteiger partial charge in [-0.15, -0.1) is 0 Å². The summed E-state index contributed by atoms with van der Waals surface area (Å²) in [6.45, 7) is 4.54. The summed E-state index contributed by atoms with van der Waals surface area (Å²) in [7, 11) is 1.78. The minimum absolute atomic E-state index is 0.0631. The first-order valence-electron chi connectivity index (χ1n) is 12.7. The Bertz CT molecular complexity index is 927. The van der Waals surface area contributed by atoms with Gasteiger partial charge in [-0.2, -0.15) is 0 Å². The monoisotopic (exact) mass is 470 g/mol. The first-order chi connectivity index (χ1) is 16.4. The van der Waals surface area contributed by atoms with E-state index in [9.17, 15) is 14.7 Å². The van der Waals surface area contributed by atoms with Gasteiger partial charge in [0.1, 0.15) is 11.7 Å². The quantitative estimate of drug-likeness (QED) is 0.664. The van der Waals surface area contributed by atoms with E-state index in [0.29, 0.717) is 24.5 Å². The Kier molecular flexibility index (Phi) is 7.76. The van der Waals surface area contributed by atoms with Gasteiger partial charge in [0.05, 0.1) is 19.2 Å². The zero-order valence-corrected chi connectivity index (χ0v) is 20.6. The Morgan fingerprint density at radius 3 is 2.79 bits per heavy atom. The van der Waals surface area contributed by atoms with Gasteiger partial charge in [0.15, 0.2) is 0 Å². The zero-order valence-electron chi connectivity index (χ0n) is 20.6. The molecule has 8 heteroatoms. The lowest BCUT2D eigenvalue weighted by molar-refractivity contribution is 0.0351. The average molecular weight is 471 g/mol. The molecule has 1 fully saturated rings. The maximum absolute atomic E-state index is 13.5. The molecule has 0 bridgehead atoms. The van der Waals surface area contributed by atoms with Crippen molar-refractivity contribution in [2.24, 2.45) is 5.92 Å². The van der Waals surface area contributed by atoms with Crippen LogP contribution in [-0.2, 0) is 0 Å². The van der Waals surface area contributed by atoms with Gasteiger partial charge in [0, 0.05) is 31.7 Å². The molecule has 1 aromatic rings. The highest BCUT2D eigenvalue weighted by molar-refractivity contribution is 5.97. The summed E-state index contributed by atoms with van der Waals surface area (Å²) >= 11 is 0. The maximum atomic E-state index is 13.5. The molecule has 0 unspecified atom stereocenters. The number of rotatable bonds is 6. The van der Waals surface area contributed by atoms with Gasteiger partial charge in [0.2, 0.25) is 5.88 Å². The molecule has 1 saturated carbocycles. The van der Waals surface area contributed by atoms with Gasteiger partial charge in [-0.25, -0.2) is 9.78 Å². The van der Waals surface area contributed by atoms with Gasteiger partial charge in [-0.05, 0) is 56.2 Å². The molecule has 3 atom stereocenters. The van der Waals surface area contributed by atoms with E-state index in [4.69, 9.17) is 4.74 Å². The standard InChI is InChI=1S/C26H38N4O4/c1-17-14-30(18(2)16-31)25(32)22-12-20(19-8-4-5-9-19)13-27-24(22)34-23(17)15-29(3)26(33)28-21-10-6-7-11-21/h8,12-13,17-18,21,23,31H,4-7,9-11,14-16H2,1-3H3,(H,28,33)/t17-,18+,23-/m1/s1. The van der Waals surface area contributed by atoms with E-state index >= 15 is 0 Å². The van der Waals surface area contributed by atoms with Gasteiger partial charge in [-0.1, -0.05) is 25.8 Å². The van der Waals surface area contributed by atoms with E-state index in [1.165, 1.54) is 5.57 Å². The molecular formula is C26H38N4O4. The minimum atomic E-state index is -0.344. The third kappa shape index (κ3) is 5.37. The largest absolute Gasteiger partial charge is 0.472 e. The molecule has 0 saturated heterocycles. The lowest BCUT2D eigenvalue weighted by atomic mass is 9.99. The molecule has 2 aliphatic carbocycles. The third-order valence-electron chi connectivity index (χ3n) is 7.42. The van der Waals surface area contributed by atoms with Crippen molar-refractivity contribution in [1.82, 2.24) is 20.1 Å². The number of ether oxygens (including phenoxy) is 1. The lowest BCUT2D eigenvalue weighted by Gasteiger charge is -2.37. The van der Waals surface area contributed by atoms with Crippen LogP contribution in [0.2, 0.25) is 0 Å². The fraction of sp³-hybridized carbons (Fsp3) is 0.654. The number of urea groups is 1. The van der Waals surface area contributed by atoms with Crippen LogP contribution < -0.4 is 10.1 Å². The molecular weight excluding hydrogens is 432 g/mol. The first kappa shape index (κ1) is 24.5. The van der Waals surface area contributed by atoms with E-state index in [0.717, 1.165) is 50.5 Å². The van der Waals surface area contributed by atoms with Crippen molar-refractivity contribution in [3.05, 3.63) is 29.5 Å². The number of nitrogens with one attached hydrogen (secondary N) is 1. The molecule has 1 aromatic heterocycles. The molecule has 1 aliphatic heterocycles. The van der Waals surface area contributed by atoms with Crippen LogP contribution in [0, 0.1) is 5.92 Å². The van der Waals surface area contributed by atoms with Gasteiger partial charge < -0.3 is 25.0 Å². The first-order valence-corrected chi connectivity index (χ1v) is 12.7. The number of carbonyl (C=O) groups excluding carboxylic acids is 2. The van der Waals surface area contributed by atoms with Crippen LogP contribution in [0.25, 0.3) is 5.57 Å². The molecule has 2 N–H and O–H groups in total. The van der Waals surface area contributed by atoms with Crippen LogP contribution >= 0.6 is 0 Å². The van der Waals surface area contributed by atoms with E-state index in [-0.39, 0.29) is 42.7 Å². The predicted octanol–water partition coefficient (Wildman–Crippen LogP) is 3.45. The Morgan fingerprint density at radius 2 is 2.12 bits per heavy atom. The van der Waals surface area contributed by atoms with E-state index in [1.807, 2.05) is 19.9 Å². The molecule has 186 valence electrons. The minimum Gasteiger partial charge on any atom is -0.472 e. The van der Waals surface area contributed by atoms with E-state index in [2.05, 4.69) is 16.4 Å². The number of aromatic nitrogens is 1. The highest BCUT2D eigenvalue weighted by Crippen LogP contribution is 2.32. The van der Waals surface area contributed by atoms with Crippen LogP contribution in [0.3, 0.4) is 0 Å². The van der Waals surface area contributed by atoms with Crippen molar-refractivity contribution < 1.29 is 19.4 Å². The molecule has 3 aliphatic rings. The number of carbonyl (C=O) groups is 2. The maximum Gasteiger partial charge on any atom is 0.317 e. The second-order valence-corrected chi connectivity index (χ2v) is 10.1. The van der Waals surface area contributed by atoms with Gasteiger partial charge in [-0.3, -0.25) is 4.79 Å². The Labute approximate surface area is 202 Å². The molecule has 0 radical (unpaired) electrons. The molecule has 3 amide bonds. The topological polar surface area (TPSA) is 95.0 Å². The summed E-state index contributed by atoms with van der Waals surface area (Å²) in [6, 6.07) is 1.69. The number of hydrogen-bond donors (Lipinski definition) is 2. The number of nitrogens with zero attached hydrogens (tertiary/aromatic N) is 3. The smallest absolute Gasteiger partial charge is 0.317 e. The second kappa shape index (κ2) is 10.8. The summed E-state index contributed by atoms with van der Waals surface area (Å²) < 4.78 is 6.33. The van der Waals surface area contributed by atoms with Gasteiger partial charge in [0.25, 0.3) is 5.91 Å². The van der Waals surface area contributed by atoms with Crippen molar-refractivity contribution in [3.8, 4) is 5.88 Å². The predicted molar refractivity (Wildman–Crippen MR) is 131 cm³/mol. The molecule has 34 heavy (non-hydrogen) atoms. The fourth-order valence-electron chi connectivity index (χ4n) is 5.14. The molecule has 0 aromatic carbocycles. The molecule has 0 spiro atoms. The van der Waals surface area contributed by atoms with Crippen LogP contribution in [-0.4, -0.2) is 76.8 Å². The SMILES string of the molecule is C[C@@H]1CN([C@@H](C)CO)C(=O)c2cc(C3=CCCC3)cnc2O[C@@H]1CN(C)C(=O)NC1CCCC1. The number of hydrogen-bond acceptors (Lipinski definition) is 5. The van der Waals surface area contributed by atoms with Crippen molar-refractivity contribution in [1.29, 1.82) is 0 Å². The van der Waals surface area contributed by atoms with Crippen molar-refractivity contribution in [2.45, 2.75) is 77.0 Å². The fourth-order valence-corrected chi connectivity index (χ4v) is 5.14. The summed E-state index contributed by atoms with van der Waals surface area (Å²) in [4.78, 5) is 34.3. The number of amides is 3. The molecule has 8 nitrogen and oxygen atoms in total. The Morgan fingerprint density at radius 1 is 1.35 bits per heavy atom. The van der Waals surface area contributed by atoms with Crippen molar-refractivity contribution in [3.63, 3.8) is 0 Å². The number of fused-ring (bicyclic) bond motifs is 1. The summed E-state index contributed by atoms with van der Waals surface area (Å²) in [5.74, 6) is 0.0533. The van der Waals surface area contributed by atoms with E-state index < -0.39 is 0 Å². The number of likely N-dealkylation sites (N-methyl/N-ethyl adjacent to an activating group) is 1. The second-order valence-electron chi connectivity index (χ2n) is 10.1. The highest BCUT2D eigenvalue weighted by Gasteiger charge is 2.35. The van der Waals surface area contributed by atoms with Crippen molar-refractivity contribution in [2.75, 3.05) is 26.7 Å². The van der Waals surface area contributed by atoms with Crippen molar-refractivity contribution >= 4 is 17.5 Å². The van der Waals surface area contributed by atoms with Crippen LogP contribution in [0.1, 0.15) is 74.7 Å². The summed E-state index contributed by atoms with van der Waals surface area (Å²) in [5, 5.41) is 13.0.